The standard InChI is InChI=1S/C17H18Cl2N4O2/c1-3-14-17(25-13-6-10(18)5-11(19)7-13)15(4-2)23(22-14)9-12-8-16(24)21-20-12/h5-8H,3-4,9H2,1-2H3,(H2,20,21,24). The zero-order valence-corrected chi connectivity index (χ0v) is 15.4. The van der Waals surface area contributed by atoms with E-state index >= 15 is 0 Å². The van der Waals surface area contributed by atoms with Crippen LogP contribution in [0.3, 0.4) is 0 Å². The predicted octanol–water partition coefficient (Wildman–Crippen LogP) is 4.17. The first kappa shape index (κ1) is 17.6. The van der Waals surface area contributed by atoms with E-state index in [2.05, 4.69) is 15.3 Å². The van der Waals surface area contributed by atoms with Gasteiger partial charge in [0.15, 0.2) is 5.75 Å². The van der Waals surface area contributed by atoms with Gasteiger partial charge in [0.25, 0.3) is 5.56 Å². The maximum Gasteiger partial charge on any atom is 0.264 e. The highest BCUT2D eigenvalue weighted by Gasteiger charge is 2.19. The second kappa shape index (κ2) is 7.37. The third-order valence-electron chi connectivity index (χ3n) is 3.77. The Labute approximate surface area is 154 Å². The highest BCUT2D eigenvalue weighted by atomic mass is 35.5. The van der Waals surface area contributed by atoms with Gasteiger partial charge in [-0.3, -0.25) is 14.6 Å². The third kappa shape index (κ3) is 3.91. The molecule has 0 aliphatic heterocycles. The molecular formula is C17H18Cl2N4O2. The summed E-state index contributed by atoms with van der Waals surface area (Å²) in [6.07, 6.45) is 1.44. The summed E-state index contributed by atoms with van der Waals surface area (Å²) in [5.74, 6) is 1.28. The van der Waals surface area contributed by atoms with Gasteiger partial charge in [0.05, 0.1) is 17.9 Å². The molecule has 6 nitrogen and oxygen atoms in total. The molecule has 3 rings (SSSR count). The van der Waals surface area contributed by atoms with Crippen molar-refractivity contribution in [2.45, 2.75) is 33.2 Å². The van der Waals surface area contributed by atoms with Gasteiger partial charge in [-0.15, -0.1) is 0 Å². The number of H-pyrrole nitrogens is 2. The van der Waals surface area contributed by atoms with Gasteiger partial charge < -0.3 is 9.84 Å². The smallest absolute Gasteiger partial charge is 0.264 e. The summed E-state index contributed by atoms with van der Waals surface area (Å²) < 4.78 is 7.92. The van der Waals surface area contributed by atoms with Crippen molar-refractivity contribution in [1.82, 2.24) is 20.0 Å². The molecule has 0 bridgehead atoms. The molecule has 132 valence electrons. The maximum absolute atomic E-state index is 11.3. The minimum atomic E-state index is -0.166. The number of halogens is 2. The monoisotopic (exact) mass is 380 g/mol. The molecule has 0 unspecified atom stereocenters. The van der Waals surface area contributed by atoms with Gasteiger partial charge in [-0.05, 0) is 31.0 Å². The first-order chi connectivity index (χ1) is 12.0. The molecule has 3 aromatic rings. The molecule has 0 amide bonds. The van der Waals surface area contributed by atoms with Crippen LogP contribution in [0, 0.1) is 0 Å². The van der Waals surface area contributed by atoms with Gasteiger partial charge >= 0.3 is 0 Å². The van der Waals surface area contributed by atoms with Crippen LogP contribution in [0.15, 0.2) is 29.1 Å². The van der Waals surface area contributed by atoms with Gasteiger partial charge in [-0.2, -0.15) is 5.10 Å². The summed E-state index contributed by atoms with van der Waals surface area (Å²) in [7, 11) is 0. The van der Waals surface area contributed by atoms with E-state index in [0.29, 0.717) is 34.5 Å². The number of ether oxygens (including phenoxy) is 1. The molecule has 2 N–H and O–H groups in total. The van der Waals surface area contributed by atoms with Crippen LogP contribution in [0.25, 0.3) is 0 Å². The lowest BCUT2D eigenvalue weighted by Crippen LogP contribution is -2.06. The van der Waals surface area contributed by atoms with Crippen LogP contribution in [0.2, 0.25) is 10.0 Å². The number of benzene rings is 1. The quantitative estimate of drug-likeness (QED) is 0.673. The number of nitrogens with one attached hydrogen (secondary N) is 2. The molecule has 0 spiro atoms. The molecule has 2 heterocycles. The molecule has 0 aliphatic rings. The first-order valence-electron chi connectivity index (χ1n) is 7.99. The Kier molecular flexibility index (Phi) is 5.20. The van der Waals surface area contributed by atoms with E-state index in [-0.39, 0.29) is 5.56 Å². The Morgan fingerprint density at radius 3 is 2.36 bits per heavy atom. The lowest BCUT2D eigenvalue weighted by Gasteiger charge is -2.09. The average Bonchev–Trinajstić information content (AvgIpc) is 3.10. The molecule has 0 radical (unpaired) electrons. The van der Waals surface area contributed by atoms with E-state index in [1.807, 2.05) is 18.5 Å². The Morgan fingerprint density at radius 2 is 1.80 bits per heavy atom. The van der Waals surface area contributed by atoms with Gasteiger partial charge in [0.2, 0.25) is 0 Å². The van der Waals surface area contributed by atoms with Gasteiger partial charge in [-0.25, -0.2) is 0 Å². The number of aromatic nitrogens is 4. The molecule has 0 saturated heterocycles. The summed E-state index contributed by atoms with van der Waals surface area (Å²) in [6.45, 7) is 4.50. The van der Waals surface area contributed by atoms with Crippen LogP contribution in [0.1, 0.15) is 30.9 Å². The van der Waals surface area contributed by atoms with Crippen molar-refractivity contribution in [3.05, 3.63) is 61.7 Å². The molecule has 1 aromatic carbocycles. The van der Waals surface area contributed by atoms with Crippen LogP contribution in [-0.4, -0.2) is 20.0 Å². The molecule has 8 heteroatoms. The lowest BCUT2D eigenvalue weighted by atomic mass is 10.2. The molecule has 0 aliphatic carbocycles. The fourth-order valence-corrected chi connectivity index (χ4v) is 3.19. The lowest BCUT2D eigenvalue weighted by molar-refractivity contribution is 0.469. The van der Waals surface area contributed by atoms with Gasteiger partial charge in [0.1, 0.15) is 11.4 Å². The molecule has 0 fully saturated rings. The Hall–Kier alpha value is -2.18. The van der Waals surface area contributed by atoms with E-state index < -0.39 is 0 Å². The van der Waals surface area contributed by atoms with E-state index in [9.17, 15) is 4.79 Å². The number of aromatic amines is 2. The topological polar surface area (TPSA) is 75.7 Å². The summed E-state index contributed by atoms with van der Waals surface area (Å²) in [5, 5.41) is 11.0. The van der Waals surface area contributed by atoms with Crippen LogP contribution < -0.4 is 10.3 Å². The average molecular weight is 381 g/mol. The fraction of sp³-hybridized carbons (Fsp3) is 0.294. The van der Waals surface area contributed by atoms with Gasteiger partial charge in [0, 0.05) is 16.1 Å². The number of nitrogens with zero attached hydrogens (tertiary/aromatic N) is 2. The number of rotatable bonds is 6. The minimum absolute atomic E-state index is 0.166. The first-order valence-corrected chi connectivity index (χ1v) is 8.74. The molecule has 0 saturated carbocycles. The highest BCUT2D eigenvalue weighted by Crippen LogP contribution is 2.33. The van der Waals surface area contributed by atoms with Crippen molar-refractivity contribution in [3.63, 3.8) is 0 Å². The Morgan fingerprint density at radius 1 is 1.08 bits per heavy atom. The fourth-order valence-electron chi connectivity index (χ4n) is 2.68. The van der Waals surface area contributed by atoms with Crippen LogP contribution in [-0.2, 0) is 19.4 Å². The zero-order chi connectivity index (χ0) is 18.0. The van der Waals surface area contributed by atoms with Gasteiger partial charge in [-0.1, -0.05) is 37.0 Å². The Balaban J connectivity index is 1.98. The largest absolute Gasteiger partial charge is 0.453 e. The second-order valence-electron chi connectivity index (χ2n) is 5.58. The third-order valence-corrected chi connectivity index (χ3v) is 4.21. The molecule has 0 atom stereocenters. The number of aryl methyl sites for hydroxylation is 1. The summed E-state index contributed by atoms with van der Waals surface area (Å²) in [5.41, 5.74) is 2.36. The molecule has 2 aromatic heterocycles. The summed E-state index contributed by atoms with van der Waals surface area (Å²) in [4.78, 5) is 11.3. The van der Waals surface area contributed by atoms with E-state index in [4.69, 9.17) is 27.9 Å². The van der Waals surface area contributed by atoms with Crippen LogP contribution >= 0.6 is 23.2 Å². The van der Waals surface area contributed by atoms with Crippen molar-refractivity contribution < 1.29 is 4.74 Å². The van der Waals surface area contributed by atoms with Crippen LogP contribution in [0.5, 0.6) is 11.5 Å². The maximum atomic E-state index is 11.3. The normalized spacial score (nSPS) is 11.0. The van der Waals surface area contributed by atoms with Crippen molar-refractivity contribution in [3.8, 4) is 11.5 Å². The minimum Gasteiger partial charge on any atom is -0.453 e. The van der Waals surface area contributed by atoms with E-state index in [0.717, 1.165) is 23.5 Å². The number of hydrogen-bond donors (Lipinski definition) is 2. The second-order valence-corrected chi connectivity index (χ2v) is 6.45. The summed E-state index contributed by atoms with van der Waals surface area (Å²) >= 11 is 12.1. The zero-order valence-electron chi connectivity index (χ0n) is 13.9. The highest BCUT2D eigenvalue weighted by molar-refractivity contribution is 6.34. The van der Waals surface area contributed by atoms with E-state index in [1.54, 1.807) is 18.2 Å². The van der Waals surface area contributed by atoms with Crippen molar-refractivity contribution in [1.29, 1.82) is 0 Å². The molecular weight excluding hydrogens is 363 g/mol. The summed E-state index contributed by atoms with van der Waals surface area (Å²) in [6, 6.07) is 6.60. The van der Waals surface area contributed by atoms with Crippen molar-refractivity contribution >= 4 is 23.2 Å². The molecule has 25 heavy (non-hydrogen) atoms. The predicted molar refractivity (Wildman–Crippen MR) is 98.0 cm³/mol. The van der Waals surface area contributed by atoms with E-state index in [1.165, 1.54) is 6.07 Å². The number of hydrogen-bond acceptors (Lipinski definition) is 3. The SMILES string of the molecule is CCc1nn(Cc2cc(=O)[nH][nH]2)c(CC)c1Oc1cc(Cl)cc(Cl)c1. The van der Waals surface area contributed by atoms with Crippen molar-refractivity contribution in [2.24, 2.45) is 0 Å². The Bertz CT molecular complexity index is 922. The van der Waals surface area contributed by atoms with Crippen LogP contribution in [0.4, 0.5) is 0 Å². The van der Waals surface area contributed by atoms with Crippen molar-refractivity contribution in [2.75, 3.05) is 0 Å².